The predicted octanol–water partition coefficient (Wildman–Crippen LogP) is 2.15. The Bertz CT molecular complexity index is 429. The number of fused-ring (bicyclic) bond motifs is 1. The van der Waals surface area contributed by atoms with Gasteiger partial charge in [-0.15, -0.1) is 0 Å². The van der Waals surface area contributed by atoms with Crippen molar-refractivity contribution in [1.29, 1.82) is 0 Å². The van der Waals surface area contributed by atoms with E-state index in [4.69, 9.17) is 0 Å². The van der Waals surface area contributed by atoms with E-state index in [1.165, 1.54) is 22.3 Å². The highest BCUT2D eigenvalue weighted by atomic mass is 16.3. The number of aliphatic hydroxyl groups excluding tert-OH is 1. The van der Waals surface area contributed by atoms with Crippen LogP contribution >= 0.6 is 0 Å². The second-order valence-corrected chi connectivity index (χ2v) is 5.89. The SMILES string of the molecule is Cc1ccc(C)c2c1CC(O)C(C(C)(C)O)C2. The van der Waals surface area contributed by atoms with E-state index in [0.29, 0.717) is 6.42 Å². The molecule has 0 aromatic heterocycles. The van der Waals surface area contributed by atoms with E-state index in [9.17, 15) is 10.2 Å². The number of benzene rings is 1. The zero-order valence-electron chi connectivity index (χ0n) is 11.1. The maximum Gasteiger partial charge on any atom is 0.0647 e. The van der Waals surface area contributed by atoms with Crippen molar-refractivity contribution in [1.82, 2.24) is 0 Å². The number of hydrogen-bond acceptors (Lipinski definition) is 2. The van der Waals surface area contributed by atoms with Crippen LogP contribution in [0.4, 0.5) is 0 Å². The lowest BCUT2D eigenvalue weighted by Gasteiger charge is -2.38. The molecule has 0 fully saturated rings. The first kappa shape index (κ1) is 12.6. The lowest BCUT2D eigenvalue weighted by Crippen LogP contribution is -2.44. The van der Waals surface area contributed by atoms with Crippen LogP contribution in [0.25, 0.3) is 0 Å². The molecule has 1 aromatic carbocycles. The van der Waals surface area contributed by atoms with Gasteiger partial charge in [0, 0.05) is 5.92 Å². The summed E-state index contributed by atoms with van der Waals surface area (Å²) in [6, 6.07) is 4.25. The number of aryl methyl sites for hydroxylation is 2. The minimum atomic E-state index is -0.826. The molecule has 0 heterocycles. The van der Waals surface area contributed by atoms with Gasteiger partial charge in [-0.25, -0.2) is 0 Å². The average Bonchev–Trinajstić information content (AvgIpc) is 2.21. The number of hydrogen-bond donors (Lipinski definition) is 2. The summed E-state index contributed by atoms with van der Waals surface area (Å²) in [6.07, 6.45) is 0.994. The Morgan fingerprint density at radius 3 is 2.00 bits per heavy atom. The van der Waals surface area contributed by atoms with Crippen molar-refractivity contribution < 1.29 is 10.2 Å². The molecule has 0 amide bonds. The maximum absolute atomic E-state index is 10.2. The second kappa shape index (κ2) is 4.11. The number of aliphatic hydroxyl groups is 2. The second-order valence-electron chi connectivity index (χ2n) is 5.89. The van der Waals surface area contributed by atoms with Crippen molar-refractivity contribution in [2.75, 3.05) is 0 Å². The molecule has 0 saturated carbocycles. The minimum absolute atomic E-state index is 0.0736. The molecule has 0 spiro atoms. The van der Waals surface area contributed by atoms with Gasteiger partial charge in [-0.2, -0.15) is 0 Å². The summed E-state index contributed by atoms with van der Waals surface area (Å²) < 4.78 is 0. The van der Waals surface area contributed by atoms with Crippen LogP contribution in [0.3, 0.4) is 0 Å². The Hall–Kier alpha value is -0.860. The van der Waals surface area contributed by atoms with E-state index in [1.54, 1.807) is 13.8 Å². The zero-order chi connectivity index (χ0) is 12.8. The third kappa shape index (κ3) is 2.24. The van der Waals surface area contributed by atoms with Gasteiger partial charge < -0.3 is 10.2 Å². The van der Waals surface area contributed by atoms with Crippen molar-refractivity contribution in [2.24, 2.45) is 5.92 Å². The third-order valence-electron chi connectivity index (χ3n) is 4.11. The van der Waals surface area contributed by atoms with Gasteiger partial charge in [-0.3, -0.25) is 0 Å². The summed E-state index contributed by atoms with van der Waals surface area (Å²) >= 11 is 0. The molecule has 0 aliphatic heterocycles. The first-order chi connectivity index (χ1) is 7.80. The molecular formula is C15H22O2. The molecule has 1 aromatic rings. The third-order valence-corrected chi connectivity index (χ3v) is 4.11. The van der Waals surface area contributed by atoms with Crippen LogP contribution in [0.5, 0.6) is 0 Å². The Balaban J connectivity index is 2.44. The quantitative estimate of drug-likeness (QED) is 0.781. The van der Waals surface area contributed by atoms with E-state index in [0.717, 1.165) is 6.42 Å². The van der Waals surface area contributed by atoms with E-state index in [2.05, 4.69) is 26.0 Å². The van der Waals surface area contributed by atoms with Crippen LogP contribution in [-0.2, 0) is 12.8 Å². The van der Waals surface area contributed by atoms with Crippen molar-refractivity contribution in [3.63, 3.8) is 0 Å². The van der Waals surface area contributed by atoms with Gasteiger partial charge in [-0.1, -0.05) is 12.1 Å². The van der Waals surface area contributed by atoms with Crippen LogP contribution in [-0.4, -0.2) is 21.9 Å². The average molecular weight is 234 g/mol. The Kier molecular flexibility index (Phi) is 3.04. The monoisotopic (exact) mass is 234 g/mol. The summed E-state index contributed by atoms with van der Waals surface area (Å²) in [5, 5.41) is 20.3. The van der Waals surface area contributed by atoms with Gasteiger partial charge in [0.1, 0.15) is 0 Å². The van der Waals surface area contributed by atoms with Gasteiger partial charge in [0.25, 0.3) is 0 Å². The molecule has 1 aliphatic rings. The van der Waals surface area contributed by atoms with Gasteiger partial charge >= 0.3 is 0 Å². The van der Waals surface area contributed by atoms with Crippen molar-refractivity contribution in [2.45, 2.75) is 52.2 Å². The molecule has 2 unspecified atom stereocenters. The summed E-state index contributed by atoms with van der Waals surface area (Å²) in [7, 11) is 0. The maximum atomic E-state index is 10.2. The fraction of sp³-hybridized carbons (Fsp3) is 0.600. The topological polar surface area (TPSA) is 40.5 Å². The molecule has 2 N–H and O–H groups in total. The standard InChI is InChI=1S/C15H22O2/c1-9-5-6-10(2)12-8-14(16)13(7-11(9)12)15(3,4)17/h5-6,13-14,16-17H,7-8H2,1-4H3. The fourth-order valence-corrected chi connectivity index (χ4v) is 2.92. The van der Waals surface area contributed by atoms with Crippen LogP contribution in [0.2, 0.25) is 0 Å². The molecule has 2 heteroatoms. The molecule has 94 valence electrons. The highest BCUT2D eigenvalue weighted by molar-refractivity contribution is 5.42. The highest BCUT2D eigenvalue weighted by Crippen LogP contribution is 2.35. The van der Waals surface area contributed by atoms with Gasteiger partial charge in [0.15, 0.2) is 0 Å². The van der Waals surface area contributed by atoms with Gasteiger partial charge in [0.2, 0.25) is 0 Å². The molecular weight excluding hydrogens is 212 g/mol. The minimum Gasteiger partial charge on any atom is -0.392 e. The van der Waals surface area contributed by atoms with Crippen molar-refractivity contribution in [3.05, 3.63) is 34.4 Å². The van der Waals surface area contributed by atoms with Gasteiger partial charge in [0.05, 0.1) is 11.7 Å². The molecule has 0 bridgehead atoms. The van der Waals surface area contributed by atoms with E-state index in [-0.39, 0.29) is 5.92 Å². The number of rotatable bonds is 1. The van der Waals surface area contributed by atoms with Crippen LogP contribution in [0.1, 0.15) is 36.1 Å². The summed E-state index contributed by atoms with van der Waals surface area (Å²) in [5.41, 5.74) is 4.29. The Morgan fingerprint density at radius 2 is 1.53 bits per heavy atom. The molecule has 2 rings (SSSR count). The molecule has 17 heavy (non-hydrogen) atoms. The summed E-state index contributed by atoms with van der Waals surface area (Å²) in [4.78, 5) is 0. The largest absolute Gasteiger partial charge is 0.392 e. The normalized spacial score (nSPS) is 24.6. The predicted molar refractivity (Wildman–Crippen MR) is 69.1 cm³/mol. The Labute approximate surface area is 103 Å². The lowest BCUT2D eigenvalue weighted by atomic mass is 9.72. The molecule has 0 radical (unpaired) electrons. The zero-order valence-corrected chi connectivity index (χ0v) is 11.1. The molecule has 2 nitrogen and oxygen atoms in total. The first-order valence-corrected chi connectivity index (χ1v) is 6.29. The van der Waals surface area contributed by atoms with Crippen LogP contribution in [0, 0.1) is 19.8 Å². The Morgan fingerprint density at radius 1 is 1.06 bits per heavy atom. The van der Waals surface area contributed by atoms with Gasteiger partial charge in [-0.05, 0) is 62.8 Å². The highest BCUT2D eigenvalue weighted by Gasteiger charge is 2.37. The van der Waals surface area contributed by atoms with Crippen LogP contribution in [0.15, 0.2) is 12.1 Å². The molecule has 1 aliphatic carbocycles. The van der Waals surface area contributed by atoms with E-state index in [1.807, 2.05) is 0 Å². The first-order valence-electron chi connectivity index (χ1n) is 6.29. The van der Waals surface area contributed by atoms with E-state index < -0.39 is 11.7 Å². The van der Waals surface area contributed by atoms with Crippen molar-refractivity contribution >= 4 is 0 Å². The van der Waals surface area contributed by atoms with Crippen LogP contribution < -0.4 is 0 Å². The smallest absolute Gasteiger partial charge is 0.0647 e. The fourth-order valence-electron chi connectivity index (χ4n) is 2.92. The molecule has 0 saturated heterocycles. The lowest BCUT2D eigenvalue weighted by molar-refractivity contribution is -0.0500. The van der Waals surface area contributed by atoms with Crippen molar-refractivity contribution in [3.8, 4) is 0 Å². The van der Waals surface area contributed by atoms with E-state index >= 15 is 0 Å². The molecule has 2 atom stereocenters. The summed E-state index contributed by atoms with van der Waals surface area (Å²) in [6.45, 7) is 7.78. The summed E-state index contributed by atoms with van der Waals surface area (Å²) in [5.74, 6) is -0.0736.